The molecule has 2 fully saturated rings. The zero-order chi connectivity index (χ0) is 46.9. The maximum Gasteiger partial charge on any atom is 0.417 e. The normalized spacial score (nSPS) is 15.3. The Morgan fingerprint density at radius 2 is 0.921 bits per heavy atom. The van der Waals surface area contributed by atoms with Crippen LogP contribution in [0.25, 0.3) is 0 Å². The summed E-state index contributed by atoms with van der Waals surface area (Å²) >= 11 is 4.64. The van der Waals surface area contributed by atoms with Crippen LogP contribution in [0.3, 0.4) is 0 Å². The molecular formula is C40H37ClF12N4O6. The molecule has 0 aliphatic carbocycles. The van der Waals surface area contributed by atoms with Crippen molar-refractivity contribution >= 4 is 34.4 Å². The number of ether oxygens (including phenoxy) is 3. The number of halogens is 13. The second-order valence-corrected chi connectivity index (χ2v) is 14.3. The molecule has 2 aromatic heterocycles. The Morgan fingerprint density at radius 1 is 0.571 bits per heavy atom. The Balaban J connectivity index is 0.000000256. The summed E-state index contributed by atoms with van der Waals surface area (Å²) in [6.07, 6.45) is -15.4. The van der Waals surface area contributed by atoms with E-state index in [1.54, 1.807) is 9.80 Å². The van der Waals surface area contributed by atoms with Gasteiger partial charge in [0.25, 0.3) is 0 Å². The molecule has 0 unspecified atom stereocenters. The number of aromatic nitrogens is 2. The third-order valence-corrected chi connectivity index (χ3v) is 9.08. The zero-order valence-electron chi connectivity index (χ0n) is 32.9. The number of anilines is 2. The van der Waals surface area contributed by atoms with Gasteiger partial charge in [-0.2, -0.15) is 52.7 Å². The maximum atomic E-state index is 12.9. The van der Waals surface area contributed by atoms with Gasteiger partial charge in [0.2, 0.25) is 5.24 Å². The number of pyridine rings is 2. The highest BCUT2D eigenvalue weighted by Crippen LogP contribution is 2.39. The van der Waals surface area contributed by atoms with E-state index < -0.39 is 58.7 Å². The number of carbonyl (C=O) groups is 2. The number of nitrogens with zero attached hydrogens (tertiary/aromatic N) is 4. The van der Waals surface area contributed by atoms with E-state index in [0.717, 1.165) is 55.7 Å². The van der Waals surface area contributed by atoms with Gasteiger partial charge in [-0.15, -0.1) is 0 Å². The lowest BCUT2D eigenvalue weighted by Gasteiger charge is -2.33. The van der Waals surface area contributed by atoms with Crippen LogP contribution < -0.4 is 24.0 Å². The fourth-order valence-corrected chi connectivity index (χ4v) is 6.06. The van der Waals surface area contributed by atoms with Gasteiger partial charge in [0.05, 0.1) is 22.3 Å². The van der Waals surface area contributed by atoms with Gasteiger partial charge in [-0.05, 0) is 72.3 Å². The molecule has 2 aliphatic rings. The molecule has 0 radical (unpaired) electrons. The van der Waals surface area contributed by atoms with Gasteiger partial charge in [-0.3, -0.25) is 9.59 Å². The van der Waals surface area contributed by atoms with E-state index in [1.807, 2.05) is 0 Å². The van der Waals surface area contributed by atoms with Gasteiger partial charge >= 0.3 is 30.7 Å². The fraction of sp³-hybridized carbons (Fsp3) is 0.400. The molecule has 344 valence electrons. The monoisotopic (exact) mass is 932 g/mol. The summed E-state index contributed by atoms with van der Waals surface area (Å²) in [6.45, 7) is 4.11. The molecule has 0 amide bonds. The largest absolute Gasteiger partial charge is 0.504 e. The number of hydrogen-bond acceptors (Lipinski definition) is 10. The molecule has 10 nitrogen and oxygen atoms in total. The average Bonchev–Trinajstić information content (AvgIpc) is 3.18. The van der Waals surface area contributed by atoms with Crippen molar-refractivity contribution in [3.05, 3.63) is 95.3 Å². The number of carbonyl (C=O) groups excluding carboxylic acids is 2. The number of piperidine rings is 2. The summed E-state index contributed by atoms with van der Waals surface area (Å²) in [7, 11) is 0. The van der Waals surface area contributed by atoms with Crippen molar-refractivity contribution in [2.75, 3.05) is 36.0 Å². The van der Waals surface area contributed by atoms with E-state index >= 15 is 0 Å². The summed E-state index contributed by atoms with van der Waals surface area (Å²) < 4.78 is 169. The lowest BCUT2D eigenvalue weighted by Crippen LogP contribution is -2.38. The second-order valence-electron chi connectivity index (χ2n) is 13.8. The first-order chi connectivity index (χ1) is 29.2. The Labute approximate surface area is 356 Å². The molecule has 0 atom stereocenters. The summed E-state index contributed by atoms with van der Waals surface area (Å²) in [4.78, 5) is 31.8. The van der Waals surface area contributed by atoms with Gasteiger partial charge in [0, 0.05) is 78.1 Å². The molecule has 0 bridgehead atoms. The van der Waals surface area contributed by atoms with Crippen molar-refractivity contribution in [3.63, 3.8) is 0 Å². The summed E-state index contributed by atoms with van der Waals surface area (Å²) in [5.74, 6) is -0.943. The first-order valence-corrected chi connectivity index (χ1v) is 18.9. The predicted molar refractivity (Wildman–Crippen MR) is 203 cm³/mol. The molecule has 4 heterocycles. The van der Waals surface area contributed by atoms with Crippen LogP contribution >= 0.6 is 11.6 Å². The van der Waals surface area contributed by atoms with E-state index in [2.05, 4.69) is 21.6 Å². The van der Waals surface area contributed by atoms with Crippen LogP contribution in [0.1, 0.15) is 61.8 Å². The van der Waals surface area contributed by atoms with Crippen LogP contribution in [-0.2, 0) is 34.3 Å². The Bertz CT molecular complexity index is 2130. The standard InChI is InChI=1S/C20H18F6N2O3.C18H16F6N2O2.C2H3ClO/c1-12(29)30-17-10-13(19(21,22)23)2-4-16(17)31-15-6-8-28(9-7-15)18-5-3-14(11-27-18)20(24,25)26;19-17(20,21)11-1-3-15(14(27)9-11)28-13-5-7-26(8-6-13)16-4-2-12(10-25-16)18(22,23)24;1-2(3)4/h2-5,10-11,15H,6-9H2,1H3;1-4,9-10,13,27H,5-8H2;1H3. The molecule has 4 aromatic rings. The molecule has 6 rings (SSSR count). The SMILES string of the molecule is CC(=O)Cl.CC(=O)Oc1cc(C(F)(F)F)ccc1OC1CCN(c2ccc(C(F)(F)F)cn2)CC1.Oc1cc(C(F)(F)F)ccc1OC1CCN(c2ccc(C(F)(F)F)cn2)CC1. The highest BCUT2D eigenvalue weighted by atomic mass is 35.5. The smallest absolute Gasteiger partial charge is 0.417 e. The number of aromatic hydroxyl groups is 1. The molecule has 0 saturated carbocycles. The van der Waals surface area contributed by atoms with Crippen LogP contribution in [0.15, 0.2) is 73.1 Å². The van der Waals surface area contributed by atoms with Gasteiger partial charge in [-0.25, -0.2) is 9.97 Å². The number of hydrogen-bond donors (Lipinski definition) is 1. The van der Waals surface area contributed by atoms with Crippen LogP contribution in [0.4, 0.5) is 64.3 Å². The highest BCUT2D eigenvalue weighted by Gasteiger charge is 2.35. The molecule has 2 aliphatic heterocycles. The van der Waals surface area contributed by atoms with E-state index in [0.29, 0.717) is 75.6 Å². The van der Waals surface area contributed by atoms with Crippen molar-refractivity contribution < 1.29 is 81.6 Å². The molecule has 1 N–H and O–H groups in total. The number of alkyl halides is 12. The van der Waals surface area contributed by atoms with Crippen LogP contribution in [-0.4, -0.2) is 64.7 Å². The number of phenols is 1. The Kier molecular flexibility index (Phi) is 16.4. The minimum atomic E-state index is -4.60. The summed E-state index contributed by atoms with van der Waals surface area (Å²) in [5, 5.41) is 9.41. The summed E-state index contributed by atoms with van der Waals surface area (Å²) in [5.41, 5.74) is -3.61. The molecule has 2 saturated heterocycles. The zero-order valence-corrected chi connectivity index (χ0v) is 33.7. The van der Waals surface area contributed by atoms with Crippen molar-refractivity contribution in [1.82, 2.24) is 9.97 Å². The van der Waals surface area contributed by atoms with Gasteiger partial charge < -0.3 is 29.1 Å². The van der Waals surface area contributed by atoms with E-state index in [1.165, 1.54) is 19.1 Å². The Hall–Kier alpha value is -5.67. The summed E-state index contributed by atoms with van der Waals surface area (Å²) in [6, 6.07) is 9.66. The molecular weight excluding hydrogens is 896 g/mol. The minimum absolute atomic E-state index is 0.00862. The lowest BCUT2D eigenvalue weighted by atomic mass is 10.1. The molecule has 63 heavy (non-hydrogen) atoms. The van der Waals surface area contributed by atoms with E-state index in [4.69, 9.17) is 14.2 Å². The van der Waals surface area contributed by atoms with Crippen LogP contribution in [0.5, 0.6) is 23.0 Å². The van der Waals surface area contributed by atoms with Crippen LogP contribution in [0, 0.1) is 0 Å². The number of phenolic OH excluding ortho intramolecular Hbond substituents is 1. The number of benzene rings is 2. The highest BCUT2D eigenvalue weighted by molar-refractivity contribution is 6.62. The molecule has 23 heteroatoms. The van der Waals surface area contributed by atoms with E-state index in [-0.39, 0.29) is 34.7 Å². The molecule has 2 aromatic carbocycles. The van der Waals surface area contributed by atoms with Crippen molar-refractivity contribution in [3.8, 4) is 23.0 Å². The Morgan fingerprint density at radius 3 is 1.25 bits per heavy atom. The van der Waals surface area contributed by atoms with Crippen molar-refractivity contribution in [1.29, 1.82) is 0 Å². The predicted octanol–water partition coefficient (Wildman–Crippen LogP) is 10.7. The minimum Gasteiger partial charge on any atom is -0.504 e. The van der Waals surface area contributed by atoms with E-state index in [9.17, 15) is 67.4 Å². The van der Waals surface area contributed by atoms with Crippen molar-refractivity contribution in [2.24, 2.45) is 0 Å². The van der Waals surface area contributed by atoms with Crippen LogP contribution in [0.2, 0.25) is 0 Å². The number of esters is 1. The van der Waals surface area contributed by atoms with Crippen molar-refractivity contribution in [2.45, 2.75) is 76.4 Å². The number of rotatable bonds is 7. The average molecular weight is 933 g/mol. The quantitative estimate of drug-likeness (QED) is 0.0831. The lowest BCUT2D eigenvalue weighted by molar-refractivity contribution is -0.139. The van der Waals surface area contributed by atoms with Gasteiger partial charge in [0.1, 0.15) is 23.8 Å². The fourth-order valence-electron chi connectivity index (χ4n) is 6.06. The molecule has 0 spiro atoms. The first-order valence-electron chi connectivity index (χ1n) is 18.6. The maximum absolute atomic E-state index is 12.9. The van der Waals surface area contributed by atoms with Gasteiger partial charge in [-0.1, -0.05) is 0 Å². The first kappa shape index (κ1) is 50.0. The third kappa shape index (κ3) is 15.3. The topological polar surface area (TPSA) is 114 Å². The third-order valence-electron chi connectivity index (χ3n) is 9.08. The van der Waals surface area contributed by atoms with Gasteiger partial charge in [0.15, 0.2) is 23.0 Å². The second kappa shape index (κ2) is 20.7.